The molecule has 0 aromatic rings. The Labute approximate surface area is 170 Å². The van der Waals surface area contributed by atoms with Gasteiger partial charge in [-0.25, -0.2) is 9.59 Å². The second-order valence-electron chi connectivity index (χ2n) is 8.05. The number of hydrogen-bond acceptors (Lipinski definition) is 7. The number of rotatable bonds is 4. The van der Waals surface area contributed by atoms with E-state index in [1.165, 1.54) is 6.92 Å². The largest absolute Gasteiger partial charge is 0.461 e. The normalized spacial score (nSPS) is 33.7. The number of carbonyl (C=O) groups is 3. The summed E-state index contributed by atoms with van der Waals surface area (Å²) in [5.41, 5.74) is 1.88. The number of ether oxygens (including phenoxy) is 4. The van der Waals surface area contributed by atoms with E-state index in [1.54, 1.807) is 19.9 Å². The minimum atomic E-state index is -0.706. The second-order valence-corrected chi connectivity index (χ2v) is 8.05. The van der Waals surface area contributed by atoms with Crippen molar-refractivity contribution >= 4 is 17.9 Å². The molecule has 0 N–H and O–H groups in total. The highest BCUT2D eigenvalue weighted by molar-refractivity contribution is 5.94. The molecule has 0 saturated carbocycles. The SMILES string of the molecule is C/C=C(\C)C(=O)O[C@@H]1C/C(C)=C/CC[C@]2(C)O[C@H]2[C@@H]2OC(=O)C(COC(C)=O)=C21. The van der Waals surface area contributed by atoms with Crippen LogP contribution in [0.4, 0.5) is 0 Å². The third kappa shape index (κ3) is 4.45. The van der Waals surface area contributed by atoms with Gasteiger partial charge in [0.25, 0.3) is 0 Å². The van der Waals surface area contributed by atoms with Crippen molar-refractivity contribution < 1.29 is 33.3 Å². The summed E-state index contributed by atoms with van der Waals surface area (Å²) in [6, 6.07) is 0. The average Bonchev–Trinajstić information content (AvgIpc) is 3.20. The predicted molar refractivity (Wildman–Crippen MR) is 104 cm³/mol. The van der Waals surface area contributed by atoms with Gasteiger partial charge in [0, 0.05) is 24.5 Å². The van der Waals surface area contributed by atoms with E-state index in [2.05, 4.69) is 6.08 Å². The highest BCUT2D eigenvalue weighted by Crippen LogP contribution is 2.49. The molecular formula is C22H28O7. The summed E-state index contributed by atoms with van der Waals surface area (Å²) in [6.45, 7) is 8.45. The van der Waals surface area contributed by atoms with Crippen LogP contribution in [0.3, 0.4) is 0 Å². The molecular weight excluding hydrogens is 376 g/mol. The molecule has 0 radical (unpaired) electrons. The minimum Gasteiger partial charge on any atom is -0.461 e. The number of hydrogen-bond donors (Lipinski definition) is 0. The van der Waals surface area contributed by atoms with Crippen molar-refractivity contribution in [3.8, 4) is 0 Å². The fourth-order valence-corrected chi connectivity index (χ4v) is 3.83. The molecule has 3 aliphatic rings. The molecule has 1 saturated heterocycles. The average molecular weight is 404 g/mol. The van der Waals surface area contributed by atoms with Crippen molar-refractivity contribution in [2.24, 2.45) is 0 Å². The summed E-state index contributed by atoms with van der Waals surface area (Å²) < 4.78 is 22.5. The van der Waals surface area contributed by atoms with Crippen LogP contribution in [0.1, 0.15) is 53.9 Å². The van der Waals surface area contributed by atoms with Gasteiger partial charge in [-0.15, -0.1) is 0 Å². The molecule has 0 aromatic heterocycles. The first-order valence-electron chi connectivity index (χ1n) is 9.91. The molecule has 4 atom stereocenters. The summed E-state index contributed by atoms with van der Waals surface area (Å²) in [5.74, 6) is -1.52. The van der Waals surface area contributed by atoms with Gasteiger partial charge in [0.15, 0.2) is 6.10 Å². The zero-order chi connectivity index (χ0) is 21.3. The van der Waals surface area contributed by atoms with E-state index in [-0.39, 0.29) is 18.3 Å². The highest BCUT2D eigenvalue weighted by atomic mass is 16.6. The zero-order valence-corrected chi connectivity index (χ0v) is 17.6. The Hall–Kier alpha value is -2.41. The molecule has 2 heterocycles. The number of esters is 3. The van der Waals surface area contributed by atoms with Crippen molar-refractivity contribution in [1.29, 1.82) is 0 Å². The van der Waals surface area contributed by atoms with Gasteiger partial charge >= 0.3 is 17.9 Å². The molecule has 7 nitrogen and oxygen atoms in total. The summed E-state index contributed by atoms with van der Waals surface area (Å²) >= 11 is 0. The van der Waals surface area contributed by atoms with Crippen LogP contribution < -0.4 is 0 Å². The van der Waals surface area contributed by atoms with E-state index >= 15 is 0 Å². The van der Waals surface area contributed by atoms with Crippen LogP contribution in [0.15, 0.2) is 34.4 Å². The van der Waals surface area contributed by atoms with Crippen molar-refractivity contribution in [3.05, 3.63) is 34.4 Å². The van der Waals surface area contributed by atoms with E-state index in [0.717, 1.165) is 18.4 Å². The highest BCUT2D eigenvalue weighted by Gasteiger charge is 2.61. The Morgan fingerprint density at radius 2 is 2.07 bits per heavy atom. The minimum absolute atomic E-state index is 0.219. The van der Waals surface area contributed by atoms with Gasteiger partial charge in [0.1, 0.15) is 18.8 Å². The van der Waals surface area contributed by atoms with Crippen molar-refractivity contribution in [2.45, 2.75) is 77.8 Å². The lowest BCUT2D eigenvalue weighted by atomic mass is 9.87. The Kier molecular flexibility index (Phi) is 5.98. The maximum atomic E-state index is 12.6. The fraction of sp³-hybridized carbons (Fsp3) is 0.591. The lowest BCUT2D eigenvalue weighted by Gasteiger charge is -2.25. The molecule has 0 amide bonds. The van der Waals surface area contributed by atoms with Crippen LogP contribution >= 0.6 is 0 Å². The monoisotopic (exact) mass is 404 g/mol. The maximum absolute atomic E-state index is 12.6. The predicted octanol–water partition coefficient (Wildman–Crippen LogP) is 2.94. The summed E-state index contributed by atoms with van der Waals surface area (Å²) in [4.78, 5) is 36.5. The first kappa shape index (κ1) is 21.3. The quantitative estimate of drug-likeness (QED) is 0.234. The molecule has 158 valence electrons. The summed E-state index contributed by atoms with van der Waals surface area (Å²) in [7, 11) is 0. The molecule has 1 fully saturated rings. The summed E-state index contributed by atoms with van der Waals surface area (Å²) in [5, 5.41) is 0. The van der Waals surface area contributed by atoms with Gasteiger partial charge < -0.3 is 18.9 Å². The van der Waals surface area contributed by atoms with E-state index in [0.29, 0.717) is 17.6 Å². The van der Waals surface area contributed by atoms with Crippen LogP contribution in [-0.2, 0) is 33.3 Å². The molecule has 0 spiro atoms. The Morgan fingerprint density at radius 3 is 2.72 bits per heavy atom. The van der Waals surface area contributed by atoms with Crippen LogP contribution in [0.25, 0.3) is 0 Å². The van der Waals surface area contributed by atoms with Crippen molar-refractivity contribution in [3.63, 3.8) is 0 Å². The van der Waals surface area contributed by atoms with Gasteiger partial charge in [0.2, 0.25) is 0 Å². The number of allylic oxidation sites excluding steroid dienone is 2. The molecule has 2 aliphatic heterocycles. The van der Waals surface area contributed by atoms with E-state index in [4.69, 9.17) is 18.9 Å². The smallest absolute Gasteiger partial charge is 0.338 e. The molecule has 3 rings (SSSR count). The van der Waals surface area contributed by atoms with E-state index in [1.807, 2.05) is 13.8 Å². The van der Waals surface area contributed by atoms with E-state index < -0.39 is 35.7 Å². The lowest BCUT2D eigenvalue weighted by Crippen LogP contribution is -2.33. The van der Waals surface area contributed by atoms with Gasteiger partial charge in [-0.2, -0.15) is 0 Å². The van der Waals surface area contributed by atoms with Gasteiger partial charge in [-0.3, -0.25) is 4.79 Å². The van der Waals surface area contributed by atoms with E-state index in [9.17, 15) is 14.4 Å². The first-order valence-corrected chi connectivity index (χ1v) is 9.91. The Balaban J connectivity index is 2.04. The zero-order valence-electron chi connectivity index (χ0n) is 17.6. The third-order valence-corrected chi connectivity index (χ3v) is 5.76. The van der Waals surface area contributed by atoms with Gasteiger partial charge in [0.05, 0.1) is 11.2 Å². The topological polar surface area (TPSA) is 91.4 Å². The van der Waals surface area contributed by atoms with Crippen LogP contribution in [-0.4, -0.2) is 48.4 Å². The number of carbonyl (C=O) groups excluding carboxylic acids is 3. The second kappa shape index (κ2) is 8.14. The Morgan fingerprint density at radius 1 is 1.34 bits per heavy atom. The van der Waals surface area contributed by atoms with Crippen LogP contribution in [0.5, 0.6) is 0 Å². The molecule has 0 aromatic carbocycles. The fourth-order valence-electron chi connectivity index (χ4n) is 3.83. The number of fused-ring (bicyclic) bond motifs is 3. The van der Waals surface area contributed by atoms with Crippen molar-refractivity contribution in [1.82, 2.24) is 0 Å². The van der Waals surface area contributed by atoms with Gasteiger partial charge in [-0.05, 0) is 40.5 Å². The van der Waals surface area contributed by atoms with Gasteiger partial charge in [-0.1, -0.05) is 17.7 Å². The molecule has 0 bridgehead atoms. The summed E-state index contributed by atoms with van der Waals surface area (Å²) in [6.07, 6.45) is 4.16. The lowest BCUT2D eigenvalue weighted by molar-refractivity contribution is -0.143. The maximum Gasteiger partial charge on any atom is 0.338 e. The molecule has 1 aliphatic carbocycles. The van der Waals surface area contributed by atoms with Crippen molar-refractivity contribution in [2.75, 3.05) is 6.61 Å². The Bertz CT molecular complexity index is 819. The standard InChI is InChI=1S/C22H28O7/c1-6-13(3)20(24)27-16-10-12(2)8-7-9-22(5)19(29-22)18-17(16)15(21(25)28-18)11-26-14(4)23/h6,8,16,18-19H,7,9-11H2,1-5H3/b12-8+,13-6+/t16-,18-,19+,22+/m1/s1. The molecule has 29 heavy (non-hydrogen) atoms. The first-order chi connectivity index (χ1) is 13.7. The van der Waals surface area contributed by atoms with Crippen LogP contribution in [0, 0.1) is 0 Å². The third-order valence-electron chi connectivity index (χ3n) is 5.76. The molecule has 7 heteroatoms. The number of epoxide rings is 1. The van der Waals surface area contributed by atoms with Crippen LogP contribution in [0.2, 0.25) is 0 Å². The molecule has 0 unspecified atom stereocenters.